The van der Waals surface area contributed by atoms with Crippen LogP contribution in [0.3, 0.4) is 0 Å². The third-order valence-corrected chi connectivity index (χ3v) is 3.74. The van der Waals surface area contributed by atoms with Crippen molar-refractivity contribution in [3.05, 3.63) is 47.8 Å². The van der Waals surface area contributed by atoms with Crippen LogP contribution in [0.2, 0.25) is 0 Å². The average Bonchev–Trinajstić information content (AvgIpc) is 3.09. The molecule has 0 radical (unpaired) electrons. The first-order valence-corrected chi connectivity index (χ1v) is 8.12. The van der Waals surface area contributed by atoms with E-state index < -0.39 is 0 Å². The Morgan fingerprint density at radius 1 is 1.08 bits per heavy atom. The Labute approximate surface area is 151 Å². The van der Waals surface area contributed by atoms with Gasteiger partial charge in [0, 0.05) is 37.2 Å². The number of carbonyl (C=O) groups excluding carboxylic acids is 2. The summed E-state index contributed by atoms with van der Waals surface area (Å²) in [6.07, 6.45) is 2.85. The minimum atomic E-state index is -0.362. The molecule has 0 fully saturated rings. The lowest BCUT2D eigenvalue weighted by atomic mass is 10.1. The number of hydrogen-bond acceptors (Lipinski definition) is 6. The van der Waals surface area contributed by atoms with Gasteiger partial charge >= 0.3 is 0 Å². The van der Waals surface area contributed by atoms with Crippen LogP contribution in [0.1, 0.15) is 20.7 Å². The van der Waals surface area contributed by atoms with E-state index in [1.165, 1.54) is 18.5 Å². The van der Waals surface area contributed by atoms with E-state index >= 15 is 0 Å². The van der Waals surface area contributed by atoms with E-state index in [0.29, 0.717) is 34.9 Å². The molecule has 2 heterocycles. The van der Waals surface area contributed by atoms with Gasteiger partial charge in [0.05, 0.1) is 11.1 Å². The van der Waals surface area contributed by atoms with Gasteiger partial charge in [0.1, 0.15) is 0 Å². The second kappa shape index (κ2) is 7.83. The predicted octanol–water partition coefficient (Wildman–Crippen LogP) is 1.35. The molecule has 0 aliphatic carbocycles. The van der Waals surface area contributed by atoms with Crippen LogP contribution in [0.15, 0.2) is 36.7 Å². The van der Waals surface area contributed by atoms with Crippen LogP contribution in [0, 0.1) is 0 Å². The molecule has 1 aromatic heterocycles. The number of benzene rings is 1. The Morgan fingerprint density at radius 2 is 1.81 bits per heavy atom. The Bertz CT molecular complexity index is 823. The highest BCUT2D eigenvalue weighted by Gasteiger charge is 2.15. The fraction of sp³-hybridized carbons (Fsp3) is 0.278. The second-order valence-electron chi connectivity index (χ2n) is 6.04. The van der Waals surface area contributed by atoms with Crippen LogP contribution >= 0.6 is 0 Å². The lowest BCUT2D eigenvalue weighted by Crippen LogP contribution is -2.31. The van der Waals surface area contributed by atoms with E-state index in [4.69, 9.17) is 9.47 Å². The topological polar surface area (TPSA) is 92.8 Å². The summed E-state index contributed by atoms with van der Waals surface area (Å²) < 4.78 is 10.5. The molecule has 0 bridgehead atoms. The SMILES string of the molecule is CN(C)CCNC(=O)c1cncc(C(=O)Nc2ccc3c(c2)OCO3)c1. The van der Waals surface area contributed by atoms with Gasteiger partial charge in [0.2, 0.25) is 6.79 Å². The van der Waals surface area contributed by atoms with E-state index in [1.54, 1.807) is 18.2 Å². The van der Waals surface area contributed by atoms with Gasteiger partial charge in [-0.1, -0.05) is 0 Å². The van der Waals surface area contributed by atoms with Gasteiger partial charge in [-0.15, -0.1) is 0 Å². The standard InChI is InChI=1S/C18H20N4O4/c1-22(2)6-5-20-17(23)12-7-13(10-19-9-12)18(24)21-14-3-4-15-16(8-14)26-11-25-15/h3-4,7-10H,5-6,11H2,1-2H3,(H,20,23)(H,21,24). The summed E-state index contributed by atoms with van der Waals surface area (Å²) in [6, 6.07) is 6.65. The highest BCUT2D eigenvalue weighted by atomic mass is 16.7. The molecule has 0 saturated heterocycles. The third-order valence-electron chi connectivity index (χ3n) is 3.74. The van der Waals surface area contributed by atoms with Crippen LogP contribution in [0.25, 0.3) is 0 Å². The number of fused-ring (bicyclic) bond motifs is 1. The number of aromatic nitrogens is 1. The molecule has 26 heavy (non-hydrogen) atoms. The quantitative estimate of drug-likeness (QED) is 0.812. The number of likely N-dealkylation sites (N-methyl/N-ethyl adjacent to an activating group) is 1. The zero-order valence-electron chi connectivity index (χ0n) is 14.6. The molecule has 1 aliphatic rings. The maximum absolute atomic E-state index is 12.4. The molecule has 3 rings (SSSR count). The summed E-state index contributed by atoms with van der Waals surface area (Å²) in [5, 5.41) is 5.55. The summed E-state index contributed by atoms with van der Waals surface area (Å²) >= 11 is 0. The molecule has 0 unspecified atom stereocenters. The lowest BCUT2D eigenvalue weighted by molar-refractivity contribution is 0.0950. The van der Waals surface area contributed by atoms with Crippen LogP contribution in [-0.2, 0) is 0 Å². The predicted molar refractivity (Wildman–Crippen MR) is 95.6 cm³/mol. The summed E-state index contributed by atoms with van der Waals surface area (Å²) in [5.41, 5.74) is 1.20. The van der Waals surface area contributed by atoms with Crippen molar-refractivity contribution in [2.45, 2.75) is 0 Å². The molecule has 136 valence electrons. The van der Waals surface area contributed by atoms with E-state index in [0.717, 1.165) is 6.54 Å². The molecule has 2 amide bonds. The number of ether oxygens (including phenoxy) is 2. The van der Waals surface area contributed by atoms with Gasteiger partial charge in [-0.05, 0) is 32.3 Å². The molecule has 0 spiro atoms. The molecule has 2 aromatic rings. The fourth-order valence-corrected chi connectivity index (χ4v) is 2.36. The van der Waals surface area contributed by atoms with Crippen LogP contribution in [0.4, 0.5) is 5.69 Å². The van der Waals surface area contributed by atoms with Gasteiger partial charge in [0.25, 0.3) is 11.8 Å². The van der Waals surface area contributed by atoms with Gasteiger partial charge < -0.3 is 25.0 Å². The number of anilines is 1. The minimum absolute atomic E-state index is 0.168. The van der Waals surface area contributed by atoms with Crippen molar-refractivity contribution in [3.63, 3.8) is 0 Å². The molecule has 8 nitrogen and oxygen atoms in total. The van der Waals surface area contributed by atoms with Crippen molar-refractivity contribution in [1.29, 1.82) is 0 Å². The monoisotopic (exact) mass is 356 g/mol. The number of nitrogens with one attached hydrogen (secondary N) is 2. The van der Waals surface area contributed by atoms with E-state index in [2.05, 4.69) is 15.6 Å². The normalized spacial score (nSPS) is 12.1. The Balaban J connectivity index is 1.65. The van der Waals surface area contributed by atoms with Crippen molar-refractivity contribution in [2.24, 2.45) is 0 Å². The van der Waals surface area contributed by atoms with Crippen molar-refractivity contribution in [3.8, 4) is 11.5 Å². The first-order valence-electron chi connectivity index (χ1n) is 8.12. The summed E-state index contributed by atoms with van der Waals surface area (Å²) in [7, 11) is 3.85. The number of pyridine rings is 1. The van der Waals surface area contributed by atoms with Crippen molar-refractivity contribution in [1.82, 2.24) is 15.2 Å². The first kappa shape index (κ1) is 17.7. The smallest absolute Gasteiger partial charge is 0.257 e. The first-order chi connectivity index (χ1) is 12.5. The Morgan fingerprint density at radius 3 is 2.58 bits per heavy atom. The molecule has 0 saturated carbocycles. The van der Waals surface area contributed by atoms with Crippen molar-refractivity contribution in [2.75, 3.05) is 39.3 Å². The molecule has 0 atom stereocenters. The van der Waals surface area contributed by atoms with Crippen molar-refractivity contribution < 1.29 is 19.1 Å². The summed E-state index contributed by atoms with van der Waals surface area (Å²) in [4.78, 5) is 30.5. The minimum Gasteiger partial charge on any atom is -0.454 e. The van der Waals surface area contributed by atoms with Gasteiger partial charge in [-0.25, -0.2) is 0 Å². The largest absolute Gasteiger partial charge is 0.454 e. The molecule has 8 heteroatoms. The molecular weight excluding hydrogens is 336 g/mol. The number of hydrogen-bond donors (Lipinski definition) is 2. The maximum atomic E-state index is 12.4. The van der Waals surface area contributed by atoms with Crippen LogP contribution in [-0.4, -0.2) is 55.7 Å². The number of carbonyl (C=O) groups is 2. The zero-order valence-corrected chi connectivity index (χ0v) is 14.6. The Kier molecular flexibility index (Phi) is 5.33. The van der Waals surface area contributed by atoms with Gasteiger partial charge in [0.15, 0.2) is 11.5 Å². The molecule has 2 N–H and O–H groups in total. The number of rotatable bonds is 6. The zero-order chi connectivity index (χ0) is 18.5. The van der Waals surface area contributed by atoms with E-state index in [-0.39, 0.29) is 18.6 Å². The average molecular weight is 356 g/mol. The number of amides is 2. The highest BCUT2D eigenvalue weighted by Crippen LogP contribution is 2.34. The maximum Gasteiger partial charge on any atom is 0.257 e. The van der Waals surface area contributed by atoms with Crippen molar-refractivity contribution >= 4 is 17.5 Å². The highest BCUT2D eigenvalue weighted by molar-refractivity contribution is 6.06. The molecular formula is C18H20N4O4. The van der Waals surface area contributed by atoms with Gasteiger partial charge in [-0.2, -0.15) is 0 Å². The third kappa shape index (κ3) is 4.28. The lowest BCUT2D eigenvalue weighted by Gasteiger charge is -2.11. The van der Waals surface area contributed by atoms with Gasteiger partial charge in [-0.3, -0.25) is 14.6 Å². The molecule has 1 aliphatic heterocycles. The number of nitrogens with zero attached hydrogens (tertiary/aromatic N) is 2. The van der Waals surface area contributed by atoms with Crippen LogP contribution < -0.4 is 20.1 Å². The fourth-order valence-electron chi connectivity index (χ4n) is 2.36. The summed E-state index contributed by atoms with van der Waals surface area (Å²) in [5.74, 6) is 0.590. The van der Waals surface area contributed by atoms with E-state index in [9.17, 15) is 9.59 Å². The summed E-state index contributed by atoms with van der Waals surface area (Å²) in [6.45, 7) is 1.41. The second-order valence-corrected chi connectivity index (χ2v) is 6.04. The van der Waals surface area contributed by atoms with E-state index in [1.807, 2.05) is 19.0 Å². The van der Waals surface area contributed by atoms with Crippen LogP contribution in [0.5, 0.6) is 11.5 Å². The molecule has 1 aromatic carbocycles. The Hall–Kier alpha value is -3.13.